The largest absolute Gasteiger partial charge is 0.461 e. The van der Waals surface area contributed by atoms with Gasteiger partial charge in [-0.05, 0) is 24.6 Å². The number of benzene rings is 2. The maximum Gasteiger partial charge on any atom is 0.322 e. The minimum atomic E-state index is -0.0211. The Kier molecular flexibility index (Phi) is 3.39. The molecule has 0 aliphatic carbocycles. The van der Waals surface area contributed by atoms with Crippen molar-refractivity contribution in [2.75, 3.05) is 5.73 Å². The molecule has 106 valence electrons. The minimum Gasteiger partial charge on any atom is -0.461 e. The van der Waals surface area contributed by atoms with Crippen LogP contribution in [0.25, 0.3) is 22.2 Å². The Bertz CT molecular complexity index is 781. The predicted molar refractivity (Wildman–Crippen MR) is 82.9 cm³/mol. The second kappa shape index (κ2) is 5.36. The fourth-order valence-corrected chi connectivity index (χ4v) is 2.18. The summed E-state index contributed by atoms with van der Waals surface area (Å²) in [6.07, 6.45) is -0.0211. The van der Waals surface area contributed by atoms with Gasteiger partial charge >= 0.3 is 6.01 Å². The van der Waals surface area contributed by atoms with Crippen LogP contribution in [0.1, 0.15) is 13.8 Å². The first-order valence-electron chi connectivity index (χ1n) is 6.80. The van der Waals surface area contributed by atoms with Crippen LogP contribution >= 0.6 is 0 Å². The molecule has 2 aromatic carbocycles. The Hall–Kier alpha value is -2.69. The van der Waals surface area contributed by atoms with Crippen molar-refractivity contribution in [1.29, 1.82) is 0 Å². The number of rotatable bonds is 3. The highest BCUT2D eigenvalue weighted by molar-refractivity contribution is 5.95. The lowest BCUT2D eigenvalue weighted by atomic mass is 10.0. The van der Waals surface area contributed by atoms with Crippen LogP contribution < -0.4 is 10.5 Å². The van der Waals surface area contributed by atoms with Crippen molar-refractivity contribution in [1.82, 2.24) is 15.0 Å². The number of aromatic nitrogens is 3. The van der Waals surface area contributed by atoms with Crippen molar-refractivity contribution >= 4 is 16.7 Å². The number of nitrogens with zero attached hydrogens (tertiary/aromatic N) is 3. The van der Waals surface area contributed by atoms with E-state index in [0.29, 0.717) is 5.82 Å². The zero-order valence-electron chi connectivity index (χ0n) is 11.9. The molecule has 5 heteroatoms. The Morgan fingerprint density at radius 1 is 0.952 bits per heavy atom. The van der Waals surface area contributed by atoms with E-state index in [4.69, 9.17) is 10.5 Å². The first-order chi connectivity index (χ1) is 10.1. The maximum atomic E-state index is 5.77. The average molecular weight is 280 g/mol. The van der Waals surface area contributed by atoms with Crippen LogP contribution in [-0.2, 0) is 0 Å². The summed E-state index contributed by atoms with van der Waals surface area (Å²) in [5, 5.41) is 2.20. The summed E-state index contributed by atoms with van der Waals surface area (Å²) in [7, 11) is 0. The van der Waals surface area contributed by atoms with Crippen LogP contribution in [0.4, 0.5) is 5.95 Å². The quantitative estimate of drug-likeness (QED) is 0.798. The predicted octanol–water partition coefficient (Wildman–Crippen LogP) is 3.06. The zero-order chi connectivity index (χ0) is 14.8. The third kappa shape index (κ3) is 2.76. The number of hydrogen-bond donors (Lipinski definition) is 1. The molecule has 5 nitrogen and oxygen atoms in total. The SMILES string of the molecule is CC(C)Oc1nc(N)nc(-c2cccc3ccccc23)n1. The molecule has 3 rings (SSSR count). The Labute approximate surface area is 122 Å². The maximum absolute atomic E-state index is 5.77. The van der Waals surface area contributed by atoms with Gasteiger partial charge in [0.05, 0.1) is 6.10 Å². The molecule has 0 spiro atoms. The molecule has 0 unspecified atom stereocenters. The van der Waals surface area contributed by atoms with E-state index in [2.05, 4.69) is 27.1 Å². The molecule has 0 radical (unpaired) electrons. The van der Waals surface area contributed by atoms with Crippen molar-refractivity contribution in [3.63, 3.8) is 0 Å². The summed E-state index contributed by atoms with van der Waals surface area (Å²) < 4.78 is 5.53. The van der Waals surface area contributed by atoms with Crippen molar-refractivity contribution in [3.05, 3.63) is 42.5 Å². The van der Waals surface area contributed by atoms with Crippen LogP contribution in [0.3, 0.4) is 0 Å². The molecule has 21 heavy (non-hydrogen) atoms. The van der Waals surface area contributed by atoms with Crippen molar-refractivity contribution in [2.24, 2.45) is 0 Å². The smallest absolute Gasteiger partial charge is 0.322 e. The van der Waals surface area contributed by atoms with Gasteiger partial charge in [-0.1, -0.05) is 42.5 Å². The van der Waals surface area contributed by atoms with Gasteiger partial charge in [0.25, 0.3) is 0 Å². The van der Waals surface area contributed by atoms with E-state index in [1.165, 1.54) is 0 Å². The number of nitrogens with two attached hydrogens (primary N) is 1. The number of ether oxygens (including phenoxy) is 1. The lowest BCUT2D eigenvalue weighted by molar-refractivity contribution is 0.222. The summed E-state index contributed by atoms with van der Waals surface area (Å²) in [6, 6.07) is 14.3. The van der Waals surface area contributed by atoms with Crippen molar-refractivity contribution in [3.8, 4) is 17.4 Å². The van der Waals surface area contributed by atoms with Gasteiger partial charge in [-0.3, -0.25) is 0 Å². The topological polar surface area (TPSA) is 73.9 Å². The second-order valence-electron chi connectivity index (χ2n) is 4.99. The van der Waals surface area contributed by atoms with E-state index < -0.39 is 0 Å². The minimum absolute atomic E-state index is 0.0211. The number of fused-ring (bicyclic) bond motifs is 1. The molecule has 0 saturated carbocycles. The van der Waals surface area contributed by atoms with Crippen molar-refractivity contribution in [2.45, 2.75) is 20.0 Å². The van der Waals surface area contributed by atoms with Crippen molar-refractivity contribution < 1.29 is 4.74 Å². The first-order valence-corrected chi connectivity index (χ1v) is 6.80. The molecule has 0 bridgehead atoms. The monoisotopic (exact) mass is 280 g/mol. The molecule has 0 aliphatic heterocycles. The normalized spacial score (nSPS) is 11.0. The van der Waals surface area contributed by atoms with Gasteiger partial charge in [-0.15, -0.1) is 0 Å². The fourth-order valence-electron chi connectivity index (χ4n) is 2.18. The summed E-state index contributed by atoms with van der Waals surface area (Å²) in [6.45, 7) is 3.83. The molecule has 0 saturated heterocycles. The van der Waals surface area contributed by atoms with Gasteiger partial charge in [0.15, 0.2) is 5.82 Å². The van der Waals surface area contributed by atoms with E-state index in [9.17, 15) is 0 Å². The zero-order valence-corrected chi connectivity index (χ0v) is 11.9. The van der Waals surface area contributed by atoms with E-state index in [-0.39, 0.29) is 18.1 Å². The number of anilines is 1. The summed E-state index contributed by atoms with van der Waals surface area (Å²) in [4.78, 5) is 12.6. The van der Waals surface area contributed by atoms with E-state index in [1.54, 1.807) is 0 Å². The van der Waals surface area contributed by atoms with Crippen LogP contribution in [0.5, 0.6) is 6.01 Å². The highest BCUT2D eigenvalue weighted by Gasteiger charge is 2.11. The van der Waals surface area contributed by atoms with E-state index in [1.807, 2.05) is 44.2 Å². The Balaban J connectivity index is 2.16. The highest BCUT2D eigenvalue weighted by Crippen LogP contribution is 2.27. The lowest BCUT2D eigenvalue weighted by Crippen LogP contribution is -2.11. The molecule has 1 aromatic heterocycles. The van der Waals surface area contributed by atoms with Gasteiger partial charge in [-0.25, -0.2) is 0 Å². The van der Waals surface area contributed by atoms with Gasteiger partial charge in [0.1, 0.15) is 0 Å². The number of hydrogen-bond acceptors (Lipinski definition) is 5. The molecule has 0 aliphatic rings. The molecular formula is C16H16N4O. The first kappa shape index (κ1) is 13.3. The number of nitrogen functional groups attached to an aromatic ring is 1. The highest BCUT2D eigenvalue weighted by atomic mass is 16.5. The lowest BCUT2D eigenvalue weighted by Gasteiger charge is -2.10. The summed E-state index contributed by atoms with van der Waals surface area (Å²) >= 11 is 0. The molecule has 0 atom stereocenters. The Morgan fingerprint density at radius 3 is 2.52 bits per heavy atom. The van der Waals surface area contributed by atoms with Gasteiger partial charge in [-0.2, -0.15) is 15.0 Å². The average Bonchev–Trinajstić information content (AvgIpc) is 2.45. The standard InChI is InChI=1S/C16H16N4O/c1-10(2)21-16-19-14(18-15(17)20-16)13-9-5-7-11-6-3-4-8-12(11)13/h3-10H,1-2H3,(H2,17,18,19,20). The summed E-state index contributed by atoms with van der Waals surface area (Å²) in [5.74, 6) is 0.679. The Morgan fingerprint density at radius 2 is 1.71 bits per heavy atom. The molecular weight excluding hydrogens is 264 g/mol. The van der Waals surface area contributed by atoms with Gasteiger partial charge in [0.2, 0.25) is 5.95 Å². The molecule has 0 fully saturated rings. The summed E-state index contributed by atoms with van der Waals surface area (Å²) in [5.41, 5.74) is 6.69. The van der Waals surface area contributed by atoms with Crippen LogP contribution in [-0.4, -0.2) is 21.1 Å². The third-order valence-electron chi connectivity index (χ3n) is 3.00. The molecule has 3 aromatic rings. The van der Waals surface area contributed by atoms with Gasteiger partial charge in [0, 0.05) is 5.56 Å². The van der Waals surface area contributed by atoms with Crippen LogP contribution in [0.15, 0.2) is 42.5 Å². The van der Waals surface area contributed by atoms with Crippen LogP contribution in [0.2, 0.25) is 0 Å². The van der Waals surface area contributed by atoms with Crippen LogP contribution in [0, 0.1) is 0 Å². The molecule has 0 amide bonds. The van der Waals surface area contributed by atoms with Gasteiger partial charge < -0.3 is 10.5 Å². The second-order valence-corrected chi connectivity index (χ2v) is 4.99. The molecule has 1 heterocycles. The van der Waals surface area contributed by atoms with E-state index in [0.717, 1.165) is 16.3 Å². The molecule has 2 N–H and O–H groups in total. The fraction of sp³-hybridized carbons (Fsp3) is 0.188. The van der Waals surface area contributed by atoms with E-state index >= 15 is 0 Å². The third-order valence-corrected chi connectivity index (χ3v) is 3.00.